The highest BCUT2D eigenvalue weighted by Gasteiger charge is 2.13. The fourth-order valence-electron chi connectivity index (χ4n) is 2.84. The molecule has 1 atom stereocenters. The molecule has 0 amide bonds. The number of rotatable bonds is 8. The van der Waals surface area contributed by atoms with E-state index in [1.165, 1.54) is 13.0 Å². The van der Waals surface area contributed by atoms with Gasteiger partial charge in [-0.2, -0.15) is 0 Å². The van der Waals surface area contributed by atoms with Gasteiger partial charge in [0, 0.05) is 23.9 Å². The van der Waals surface area contributed by atoms with Gasteiger partial charge in [0.05, 0.1) is 5.52 Å². The number of fused-ring (bicyclic) bond motifs is 1. The molecule has 2 aromatic carbocycles. The number of aromatic nitrogens is 1. The van der Waals surface area contributed by atoms with Crippen LogP contribution in [0.25, 0.3) is 10.9 Å². The lowest BCUT2D eigenvalue weighted by atomic mass is 10.2. The molecule has 1 heterocycles. The molecule has 3 rings (SSSR count). The molecule has 1 unspecified atom stereocenters. The van der Waals surface area contributed by atoms with Gasteiger partial charge in [0.25, 0.3) is 0 Å². The Kier molecular flexibility index (Phi) is 6.32. The van der Waals surface area contributed by atoms with Crippen LogP contribution in [0.15, 0.2) is 59.4 Å². The standard InChI is InChI=1S/C22H23NO5/c1-3-18(28-15(2)24)14-27-19-9-5-4-7-17(19)13-26-20-10-6-8-16-11-12-21(25)23-22(16)20/h4-12,18H,3,13-14H2,1-2H3,(H,23,25). The van der Waals surface area contributed by atoms with Gasteiger partial charge >= 0.3 is 5.97 Å². The molecule has 1 N–H and O–H groups in total. The molecule has 0 radical (unpaired) electrons. The van der Waals surface area contributed by atoms with Gasteiger partial charge in [-0.25, -0.2) is 0 Å². The number of ether oxygens (including phenoxy) is 3. The topological polar surface area (TPSA) is 77.6 Å². The summed E-state index contributed by atoms with van der Waals surface area (Å²) < 4.78 is 17.1. The van der Waals surface area contributed by atoms with Crippen molar-refractivity contribution >= 4 is 16.9 Å². The lowest BCUT2D eigenvalue weighted by Crippen LogP contribution is -2.23. The molecule has 1 aromatic heterocycles. The van der Waals surface area contributed by atoms with Crippen molar-refractivity contribution in [2.45, 2.75) is 33.0 Å². The zero-order chi connectivity index (χ0) is 19.9. The van der Waals surface area contributed by atoms with Crippen LogP contribution in [0.3, 0.4) is 0 Å². The van der Waals surface area contributed by atoms with E-state index in [0.29, 0.717) is 23.4 Å². The molecule has 0 aliphatic rings. The Morgan fingerprint density at radius 2 is 1.79 bits per heavy atom. The molecule has 0 aliphatic heterocycles. The molecular weight excluding hydrogens is 358 g/mol. The van der Waals surface area contributed by atoms with E-state index >= 15 is 0 Å². The molecule has 6 nitrogen and oxygen atoms in total. The Balaban J connectivity index is 1.73. The first-order valence-corrected chi connectivity index (χ1v) is 9.19. The summed E-state index contributed by atoms with van der Waals surface area (Å²) in [5.74, 6) is 0.940. The van der Waals surface area contributed by atoms with Crippen LogP contribution >= 0.6 is 0 Å². The number of carbonyl (C=O) groups excluding carboxylic acids is 1. The minimum absolute atomic E-state index is 0.177. The number of hydrogen-bond acceptors (Lipinski definition) is 5. The summed E-state index contributed by atoms with van der Waals surface area (Å²) >= 11 is 0. The van der Waals surface area contributed by atoms with E-state index in [9.17, 15) is 9.59 Å². The summed E-state index contributed by atoms with van der Waals surface area (Å²) in [6.07, 6.45) is 0.372. The average Bonchev–Trinajstić information content (AvgIpc) is 2.69. The van der Waals surface area contributed by atoms with Gasteiger partial charge in [-0.15, -0.1) is 0 Å². The minimum atomic E-state index is -0.322. The third-order valence-corrected chi connectivity index (χ3v) is 4.29. The number of pyridine rings is 1. The van der Waals surface area contributed by atoms with Crippen LogP contribution in [0.2, 0.25) is 0 Å². The molecule has 0 saturated heterocycles. The first-order valence-electron chi connectivity index (χ1n) is 9.19. The van der Waals surface area contributed by atoms with Crippen LogP contribution in [0.5, 0.6) is 11.5 Å². The maximum absolute atomic E-state index is 11.7. The fourth-order valence-corrected chi connectivity index (χ4v) is 2.84. The van der Waals surface area contributed by atoms with Crippen molar-refractivity contribution in [2.75, 3.05) is 6.61 Å². The first-order chi connectivity index (χ1) is 13.6. The number of carbonyl (C=O) groups is 1. The van der Waals surface area contributed by atoms with E-state index in [1.807, 2.05) is 49.4 Å². The maximum Gasteiger partial charge on any atom is 0.303 e. The predicted molar refractivity (Wildman–Crippen MR) is 107 cm³/mol. The number of para-hydroxylation sites is 2. The number of hydrogen-bond donors (Lipinski definition) is 1. The summed E-state index contributed by atoms with van der Waals surface area (Å²) in [6.45, 7) is 3.87. The molecule has 0 bridgehead atoms. The smallest absolute Gasteiger partial charge is 0.303 e. The van der Waals surface area contributed by atoms with Crippen molar-refractivity contribution < 1.29 is 19.0 Å². The van der Waals surface area contributed by atoms with Crippen LogP contribution in [0, 0.1) is 0 Å². The number of nitrogens with one attached hydrogen (secondary N) is 1. The van der Waals surface area contributed by atoms with Gasteiger partial charge in [0.1, 0.15) is 30.8 Å². The second kappa shape index (κ2) is 9.08. The SMILES string of the molecule is CCC(COc1ccccc1COc1cccc2ccc(=O)[nH]c12)OC(C)=O. The average molecular weight is 381 g/mol. The van der Waals surface area contributed by atoms with Gasteiger partial charge < -0.3 is 19.2 Å². The van der Waals surface area contributed by atoms with Crippen LogP contribution < -0.4 is 15.0 Å². The van der Waals surface area contributed by atoms with E-state index in [2.05, 4.69) is 4.98 Å². The minimum Gasteiger partial charge on any atom is -0.489 e. The van der Waals surface area contributed by atoms with Crippen molar-refractivity contribution in [3.8, 4) is 11.5 Å². The summed E-state index contributed by atoms with van der Waals surface area (Å²) in [5, 5.41) is 0.897. The molecule has 3 aromatic rings. The van der Waals surface area contributed by atoms with E-state index in [1.54, 1.807) is 6.07 Å². The Labute approximate surface area is 163 Å². The Morgan fingerprint density at radius 3 is 2.57 bits per heavy atom. The lowest BCUT2D eigenvalue weighted by molar-refractivity contribution is -0.147. The summed E-state index contributed by atoms with van der Waals surface area (Å²) in [7, 11) is 0. The quantitative estimate of drug-likeness (QED) is 0.600. The van der Waals surface area contributed by atoms with Crippen LogP contribution in [-0.2, 0) is 16.1 Å². The maximum atomic E-state index is 11.7. The van der Waals surface area contributed by atoms with Crippen molar-refractivity contribution in [2.24, 2.45) is 0 Å². The fraction of sp³-hybridized carbons (Fsp3) is 0.273. The van der Waals surface area contributed by atoms with E-state index < -0.39 is 0 Å². The van der Waals surface area contributed by atoms with E-state index in [-0.39, 0.29) is 30.8 Å². The Hall–Kier alpha value is -3.28. The highest BCUT2D eigenvalue weighted by molar-refractivity contribution is 5.84. The molecule has 0 saturated carbocycles. The van der Waals surface area contributed by atoms with Crippen molar-refractivity contribution in [1.29, 1.82) is 0 Å². The summed E-state index contributed by atoms with van der Waals surface area (Å²) in [4.78, 5) is 25.6. The molecule has 0 fully saturated rings. The molecule has 0 aliphatic carbocycles. The number of esters is 1. The second-order valence-electron chi connectivity index (χ2n) is 6.39. The normalized spacial score (nSPS) is 11.8. The van der Waals surface area contributed by atoms with Crippen molar-refractivity contribution in [3.05, 3.63) is 70.5 Å². The Morgan fingerprint density at radius 1 is 1.00 bits per heavy atom. The lowest BCUT2D eigenvalue weighted by Gasteiger charge is -2.18. The van der Waals surface area contributed by atoms with E-state index in [0.717, 1.165) is 10.9 Å². The van der Waals surface area contributed by atoms with Crippen LogP contribution in [0.1, 0.15) is 25.8 Å². The van der Waals surface area contributed by atoms with E-state index in [4.69, 9.17) is 14.2 Å². The monoisotopic (exact) mass is 381 g/mol. The highest BCUT2D eigenvalue weighted by Crippen LogP contribution is 2.25. The zero-order valence-electron chi connectivity index (χ0n) is 15.9. The van der Waals surface area contributed by atoms with Gasteiger partial charge in [-0.3, -0.25) is 9.59 Å². The zero-order valence-corrected chi connectivity index (χ0v) is 15.9. The summed E-state index contributed by atoms with van der Waals surface area (Å²) in [6, 6.07) is 16.4. The number of benzene rings is 2. The largest absolute Gasteiger partial charge is 0.489 e. The molecule has 0 spiro atoms. The van der Waals surface area contributed by atoms with Gasteiger partial charge in [-0.1, -0.05) is 37.3 Å². The predicted octanol–water partition coefficient (Wildman–Crippen LogP) is 3.83. The number of H-pyrrole nitrogens is 1. The molecule has 28 heavy (non-hydrogen) atoms. The molecule has 146 valence electrons. The molecule has 6 heteroatoms. The number of aromatic amines is 1. The second-order valence-corrected chi connectivity index (χ2v) is 6.39. The van der Waals surface area contributed by atoms with Gasteiger partial charge in [-0.05, 0) is 24.6 Å². The van der Waals surface area contributed by atoms with Crippen LogP contribution in [0.4, 0.5) is 0 Å². The van der Waals surface area contributed by atoms with Crippen molar-refractivity contribution in [1.82, 2.24) is 4.98 Å². The van der Waals surface area contributed by atoms with Gasteiger partial charge in [0.15, 0.2) is 0 Å². The summed E-state index contributed by atoms with van der Waals surface area (Å²) in [5.41, 5.74) is 1.34. The van der Waals surface area contributed by atoms with Gasteiger partial charge in [0.2, 0.25) is 5.56 Å². The van der Waals surface area contributed by atoms with Crippen LogP contribution in [-0.4, -0.2) is 23.7 Å². The first kappa shape index (κ1) is 19.5. The third kappa shape index (κ3) is 4.91. The molecular formula is C22H23NO5. The highest BCUT2D eigenvalue weighted by atomic mass is 16.6. The van der Waals surface area contributed by atoms with Crippen molar-refractivity contribution in [3.63, 3.8) is 0 Å². The third-order valence-electron chi connectivity index (χ3n) is 4.29. The Bertz CT molecular complexity index is 1010.